The Balaban J connectivity index is 1.88. The van der Waals surface area contributed by atoms with Gasteiger partial charge in [-0.1, -0.05) is 12.1 Å². The van der Waals surface area contributed by atoms with E-state index in [4.69, 9.17) is 22.1 Å². The quantitative estimate of drug-likeness (QED) is 0.216. The number of benzene rings is 1. The molecular weight excluding hydrogens is 341 g/mol. The number of aliphatic hydroxyl groups is 4. The van der Waals surface area contributed by atoms with E-state index in [9.17, 15) is 19.7 Å². The lowest BCUT2D eigenvalue weighted by Crippen LogP contribution is -2.63. The van der Waals surface area contributed by atoms with Crippen LogP contribution in [-0.4, -0.2) is 69.0 Å². The van der Waals surface area contributed by atoms with E-state index in [0.29, 0.717) is 5.56 Å². The second-order valence-electron chi connectivity index (χ2n) is 5.14. The monoisotopic (exact) mass is 359 g/mol. The van der Waals surface area contributed by atoms with Crippen LogP contribution in [0, 0.1) is 5.82 Å². The summed E-state index contributed by atoms with van der Waals surface area (Å²) >= 11 is 4.97. The van der Waals surface area contributed by atoms with Crippen LogP contribution >= 0.6 is 12.2 Å². The van der Waals surface area contributed by atoms with Gasteiger partial charge in [0.05, 0.1) is 12.8 Å². The van der Waals surface area contributed by atoms with Gasteiger partial charge in [-0.25, -0.2) is 4.39 Å². The molecule has 0 spiro atoms. The lowest BCUT2D eigenvalue weighted by Gasteiger charge is -2.40. The zero-order valence-corrected chi connectivity index (χ0v) is 13.2. The van der Waals surface area contributed by atoms with Crippen molar-refractivity contribution < 1.29 is 29.6 Å². The highest BCUT2D eigenvalue weighted by Gasteiger charge is 2.43. The van der Waals surface area contributed by atoms with E-state index in [1.54, 1.807) is 0 Å². The Morgan fingerprint density at radius 3 is 2.50 bits per heavy atom. The summed E-state index contributed by atoms with van der Waals surface area (Å²) in [5.41, 5.74) is 3.11. The maximum absolute atomic E-state index is 12.8. The first-order valence-corrected chi connectivity index (χ1v) is 7.49. The van der Waals surface area contributed by atoms with Crippen LogP contribution in [-0.2, 0) is 4.74 Å². The number of aliphatic hydroxyl groups excluding tert-OH is 4. The second-order valence-corrected chi connectivity index (χ2v) is 5.55. The number of ether oxygens (including phenoxy) is 1. The van der Waals surface area contributed by atoms with Crippen LogP contribution in [0.4, 0.5) is 4.39 Å². The second kappa shape index (κ2) is 8.42. The largest absolute Gasteiger partial charge is 0.394 e. The summed E-state index contributed by atoms with van der Waals surface area (Å²) in [6, 6.07) is 5.61. The molecule has 0 bridgehead atoms. The molecule has 0 unspecified atom stereocenters. The number of nitrogens with one attached hydrogen (secondary N) is 2. The molecule has 0 radical (unpaired) electrons. The average molecular weight is 359 g/mol. The summed E-state index contributed by atoms with van der Waals surface area (Å²) in [7, 11) is 0. The SMILES string of the molecule is OC[C@H]1O[C@@H](NC(=S)N/N=C/c2ccc(F)cc2)[C@H](O)[C@@H](O)[C@@H]1O. The highest BCUT2D eigenvalue weighted by atomic mass is 32.1. The number of thiocarbonyl (C=S) groups is 1. The van der Waals surface area contributed by atoms with E-state index >= 15 is 0 Å². The van der Waals surface area contributed by atoms with E-state index in [-0.39, 0.29) is 10.9 Å². The van der Waals surface area contributed by atoms with Crippen LogP contribution < -0.4 is 10.7 Å². The van der Waals surface area contributed by atoms with Gasteiger partial charge >= 0.3 is 0 Å². The molecule has 1 aromatic rings. The van der Waals surface area contributed by atoms with Crippen LogP contribution in [0.15, 0.2) is 29.4 Å². The first-order chi connectivity index (χ1) is 11.4. The van der Waals surface area contributed by atoms with Gasteiger partial charge in [0.1, 0.15) is 30.2 Å². The van der Waals surface area contributed by atoms with Gasteiger partial charge in [-0.05, 0) is 29.9 Å². The van der Waals surface area contributed by atoms with Gasteiger partial charge in [-0.15, -0.1) is 0 Å². The van der Waals surface area contributed by atoms with Gasteiger partial charge in [0.15, 0.2) is 11.3 Å². The molecule has 6 N–H and O–H groups in total. The van der Waals surface area contributed by atoms with Gasteiger partial charge < -0.3 is 30.5 Å². The van der Waals surface area contributed by atoms with Crippen molar-refractivity contribution in [2.24, 2.45) is 5.10 Å². The fraction of sp³-hybridized carbons (Fsp3) is 0.429. The van der Waals surface area contributed by atoms with Crippen molar-refractivity contribution in [2.75, 3.05) is 6.61 Å². The van der Waals surface area contributed by atoms with Gasteiger partial charge in [-0.3, -0.25) is 5.43 Å². The smallest absolute Gasteiger partial charge is 0.189 e. The van der Waals surface area contributed by atoms with Crippen molar-refractivity contribution in [3.05, 3.63) is 35.6 Å². The lowest BCUT2D eigenvalue weighted by molar-refractivity contribution is -0.232. The predicted molar refractivity (Wildman–Crippen MR) is 86.6 cm³/mol. The molecule has 2 rings (SSSR count). The van der Waals surface area contributed by atoms with E-state index in [1.165, 1.54) is 30.5 Å². The molecule has 0 amide bonds. The zero-order valence-electron chi connectivity index (χ0n) is 12.4. The van der Waals surface area contributed by atoms with E-state index < -0.39 is 37.3 Å². The Hall–Kier alpha value is -1.69. The summed E-state index contributed by atoms with van der Waals surface area (Å²) in [5.74, 6) is -0.361. The fourth-order valence-corrected chi connectivity index (χ4v) is 2.27. The molecule has 1 aliphatic rings. The van der Waals surface area contributed by atoms with E-state index in [1.807, 2.05) is 0 Å². The van der Waals surface area contributed by atoms with Crippen molar-refractivity contribution in [2.45, 2.75) is 30.6 Å². The fourth-order valence-electron chi connectivity index (χ4n) is 2.10. The van der Waals surface area contributed by atoms with E-state index in [2.05, 4.69) is 15.8 Å². The van der Waals surface area contributed by atoms with Crippen molar-refractivity contribution in [1.29, 1.82) is 0 Å². The van der Waals surface area contributed by atoms with E-state index in [0.717, 1.165) is 0 Å². The molecular formula is C14H18FN3O5S. The Bertz CT molecular complexity index is 586. The predicted octanol–water partition coefficient (Wildman–Crippen LogP) is -1.58. The number of hydrogen-bond acceptors (Lipinski definition) is 7. The average Bonchev–Trinajstić information content (AvgIpc) is 2.57. The van der Waals surface area contributed by atoms with Crippen molar-refractivity contribution in [3.63, 3.8) is 0 Å². The Labute approximate surface area is 142 Å². The van der Waals surface area contributed by atoms with Crippen molar-refractivity contribution in [1.82, 2.24) is 10.7 Å². The van der Waals surface area contributed by atoms with Gasteiger partial charge in [0.2, 0.25) is 0 Å². The lowest BCUT2D eigenvalue weighted by atomic mass is 9.98. The maximum Gasteiger partial charge on any atom is 0.189 e. The summed E-state index contributed by atoms with van der Waals surface area (Å²) in [4.78, 5) is 0. The third-order valence-electron chi connectivity index (χ3n) is 3.42. The summed E-state index contributed by atoms with van der Waals surface area (Å²) in [6.45, 7) is -0.536. The molecule has 0 aromatic heterocycles. The molecule has 8 nitrogen and oxygen atoms in total. The number of halogens is 1. The molecule has 24 heavy (non-hydrogen) atoms. The molecule has 132 valence electrons. The van der Waals surface area contributed by atoms with Crippen molar-refractivity contribution >= 4 is 23.5 Å². The third kappa shape index (κ3) is 4.66. The van der Waals surface area contributed by atoms with Gasteiger partial charge in [0, 0.05) is 0 Å². The third-order valence-corrected chi connectivity index (χ3v) is 3.62. The molecule has 1 heterocycles. The molecule has 10 heteroatoms. The van der Waals surface area contributed by atoms with Crippen LogP contribution in [0.25, 0.3) is 0 Å². The highest BCUT2D eigenvalue weighted by Crippen LogP contribution is 2.19. The van der Waals surface area contributed by atoms with Crippen LogP contribution in [0.2, 0.25) is 0 Å². The normalized spacial score (nSPS) is 30.3. The first kappa shape index (κ1) is 18.6. The molecule has 1 aromatic carbocycles. The maximum atomic E-state index is 12.8. The standard InChI is InChI=1S/C14H18FN3O5S/c15-8-3-1-7(2-4-8)5-16-18-14(24)17-13-12(22)11(21)10(20)9(6-19)23-13/h1-5,9-13,19-22H,6H2,(H2,17,18,24)/b16-5+/t9-,10-,11+,12-,13-/m1/s1. The Morgan fingerprint density at radius 2 is 1.88 bits per heavy atom. The summed E-state index contributed by atoms with van der Waals surface area (Å²) in [6.07, 6.45) is -5.17. The molecule has 1 aliphatic heterocycles. The number of hydrazone groups is 1. The summed E-state index contributed by atoms with van der Waals surface area (Å²) < 4.78 is 18.0. The summed E-state index contributed by atoms with van der Waals surface area (Å²) in [5, 5.41) is 44.7. The molecule has 1 fully saturated rings. The number of nitrogens with zero attached hydrogens (tertiary/aromatic N) is 1. The Morgan fingerprint density at radius 1 is 1.21 bits per heavy atom. The van der Waals surface area contributed by atoms with Crippen LogP contribution in [0.5, 0.6) is 0 Å². The number of hydrogen-bond donors (Lipinski definition) is 6. The molecule has 1 saturated heterocycles. The first-order valence-electron chi connectivity index (χ1n) is 7.08. The van der Waals surface area contributed by atoms with Crippen LogP contribution in [0.3, 0.4) is 0 Å². The van der Waals surface area contributed by atoms with Gasteiger partial charge in [0.25, 0.3) is 0 Å². The molecule has 0 aliphatic carbocycles. The topological polar surface area (TPSA) is 127 Å². The van der Waals surface area contributed by atoms with Gasteiger partial charge in [-0.2, -0.15) is 5.10 Å². The highest BCUT2D eigenvalue weighted by molar-refractivity contribution is 7.80. The minimum absolute atomic E-state index is 0.0160. The minimum atomic E-state index is -1.50. The Kier molecular flexibility index (Phi) is 6.54. The zero-order chi connectivity index (χ0) is 17.7. The number of rotatable bonds is 4. The molecule has 5 atom stereocenters. The van der Waals surface area contributed by atoms with Crippen molar-refractivity contribution in [3.8, 4) is 0 Å². The minimum Gasteiger partial charge on any atom is -0.394 e. The van der Waals surface area contributed by atoms with Crippen LogP contribution in [0.1, 0.15) is 5.56 Å². The molecule has 0 saturated carbocycles.